The van der Waals surface area contributed by atoms with Crippen LogP contribution in [0.5, 0.6) is 0 Å². The first-order valence-corrected chi connectivity index (χ1v) is 4.24. The van der Waals surface area contributed by atoms with Crippen LogP contribution in [0.25, 0.3) is 0 Å². The average Bonchev–Trinajstić information content (AvgIpc) is 2.34. The molecule has 0 spiro atoms. The maximum absolute atomic E-state index is 10.9. The minimum atomic E-state index is -0.141. The van der Waals surface area contributed by atoms with E-state index in [9.17, 15) is 4.79 Å². The number of nitrogens with two attached hydrogens (primary N) is 1. The fourth-order valence-electron chi connectivity index (χ4n) is 0.947. The molecule has 1 rings (SSSR count). The summed E-state index contributed by atoms with van der Waals surface area (Å²) in [5.74, 6) is 0.734. The lowest BCUT2D eigenvalue weighted by atomic mass is 10.2. The van der Waals surface area contributed by atoms with Crippen molar-refractivity contribution in [1.82, 2.24) is 0 Å². The van der Waals surface area contributed by atoms with Crippen LogP contribution in [0.1, 0.15) is 6.42 Å². The molecule has 11 heavy (non-hydrogen) atoms. The van der Waals surface area contributed by atoms with Crippen molar-refractivity contribution in [3.05, 3.63) is 0 Å². The van der Waals surface area contributed by atoms with Crippen molar-refractivity contribution >= 4 is 30.1 Å². The zero-order chi connectivity index (χ0) is 7.56. The molecule has 2 unspecified atom stereocenters. The molecular formula is C6H12ClNO2S. The number of carbonyl (C=O) groups is 1. The maximum Gasteiger partial charge on any atom is 0.318 e. The van der Waals surface area contributed by atoms with Gasteiger partial charge in [-0.1, -0.05) is 0 Å². The predicted molar refractivity (Wildman–Crippen MR) is 48.1 cm³/mol. The van der Waals surface area contributed by atoms with Gasteiger partial charge in [0.25, 0.3) is 0 Å². The molecule has 2 N–H and O–H groups in total. The number of rotatable bonds is 1. The Morgan fingerprint density at radius 1 is 1.73 bits per heavy atom. The van der Waals surface area contributed by atoms with E-state index < -0.39 is 0 Å². The second kappa shape index (κ2) is 4.85. The second-order valence-corrected chi connectivity index (χ2v) is 3.58. The fraction of sp³-hybridized carbons (Fsp3) is 0.833. The van der Waals surface area contributed by atoms with Crippen LogP contribution >= 0.6 is 24.2 Å². The summed E-state index contributed by atoms with van der Waals surface area (Å²) in [5, 5.41) is -0.0139. The minimum Gasteiger partial charge on any atom is -0.468 e. The minimum absolute atomic E-state index is 0. The number of hydrogen-bond acceptors (Lipinski definition) is 4. The Balaban J connectivity index is 0.000001000. The summed E-state index contributed by atoms with van der Waals surface area (Å²) in [6.07, 6.45) is 0.761. The number of esters is 1. The monoisotopic (exact) mass is 197 g/mol. The lowest BCUT2D eigenvalue weighted by Crippen LogP contribution is -2.22. The Kier molecular flexibility index (Phi) is 4.88. The van der Waals surface area contributed by atoms with E-state index >= 15 is 0 Å². The summed E-state index contributed by atoms with van der Waals surface area (Å²) in [6.45, 7) is 0. The number of carbonyl (C=O) groups excluding carboxylic acids is 1. The molecule has 0 aromatic heterocycles. The number of halogens is 1. The lowest BCUT2D eigenvalue weighted by Gasteiger charge is -2.03. The van der Waals surface area contributed by atoms with Crippen molar-refractivity contribution in [1.29, 1.82) is 0 Å². The van der Waals surface area contributed by atoms with Crippen molar-refractivity contribution in [2.24, 2.45) is 5.73 Å². The third kappa shape index (κ3) is 2.89. The van der Waals surface area contributed by atoms with E-state index in [1.165, 1.54) is 7.11 Å². The number of thioether (sulfide) groups is 1. The lowest BCUT2D eigenvalue weighted by molar-refractivity contribution is -0.140. The van der Waals surface area contributed by atoms with Gasteiger partial charge in [-0.25, -0.2) is 0 Å². The molecule has 2 atom stereocenters. The molecule has 0 amide bonds. The van der Waals surface area contributed by atoms with Crippen molar-refractivity contribution in [3.8, 4) is 0 Å². The smallest absolute Gasteiger partial charge is 0.318 e. The summed E-state index contributed by atoms with van der Waals surface area (Å²) in [5.41, 5.74) is 5.59. The molecule has 1 aliphatic heterocycles. The van der Waals surface area contributed by atoms with Crippen molar-refractivity contribution < 1.29 is 9.53 Å². The highest BCUT2D eigenvalue weighted by Gasteiger charge is 2.28. The average molecular weight is 198 g/mol. The third-order valence-corrected chi connectivity index (χ3v) is 2.90. The van der Waals surface area contributed by atoms with Gasteiger partial charge in [-0.15, -0.1) is 24.2 Å². The highest BCUT2D eigenvalue weighted by molar-refractivity contribution is 8.00. The van der Waals surface area contributed by atoms with E-state index in [1.54, 1.807) is 11.8 Å². The second-order valence-electron chi connectivity index (χ2n) is 2.34. The summed E-state index contributed by atoms with van der Waals surface area (Å²) in [7, 11) is 1.41. The van der Waals surface area contributed by atoms with Crippen LogP contribution in [0.4, 0.5) is 0 Å². The van der Waals surface area contributed by atoms with Crippen LogP contribution in [0.3, 0.4) is 0 Å². The van der Waals surface area contributed by atoms with E-state index in [-0.39, 0.29) is 29.7 Å². The first-order chi connectivity index (χ1) is 4.74. The Hall–Kier alpha value is 0.0700. The van der Waals surface area contributed by atoms with Gasteiger partial charge in [0, 0.05) is 11.8 Å². The standard InChI is InChI=1S/C6H11NO2S.ClH/c1-9-6(8)5-2-4(7)3-10-5;/h4-5H,2-3,7H2,1H3;1H. The quantitative estimate of drug-likeness (QED) is 0.619. The maximum atomic E-state index is 10.9. The summed E-state index contributed by atoms with van der Waals surface area (Å²) in [6, 6.07) is 0.175. The van der Waals surface area contributed by atoms with Crippen LogP contribution in [0.15, 0.2) is 0 Å². The summed E-state index contributed by atoms with van der Waals surface area (Å²) in [4.78, 5) is 10.9. The molecule has 1 saturated heterocycles. The number of hydrogen-bond donors (Lipinski definition) is 1. The van der Waals surface area contributed by atoms with Crippen molar-refractivity contribution in [3.63, 3.8) is 0 Å². The molecule has 3 nitrogen and oxygen atoms in total. The molecule has 0 aromatic rings. The van der Waals surface area contributed by atoms with Gasteiger partial charge in [0.2, 0.25) is 0 Å². The molecule has 0 bridgehead atoms. The number of methoxy groups -OCH3 is 1. The van der Waals surface area contributed by atoms with E-state index in [0.29, 0.717) is 0 Å². The Morgan fingerprint density at radius 2 is 2.36 bits per heavy atom. The Morgan fingerprint density at radius 3 is 2.73 bits per heavy atom. The van der Waals surface area contributed by atoms with Gasteiger partial charge >= 0.3 is 5.97 Å². The summed E-state index contributed by atoms with van der Waals surface area (Å²) < 4.78 is 4.57. The van der Waals surface area contributed by atoms with E-state index in [4.69, 9.17) is 5.73 Å². The Bertz CT molecular complexity index is 145. The van der Waals surface area contributed by atoms with Gasteiger partial charge in [0.1, 0.15) is 5.25 Å². The van der Waals surface area contributed by atoms with Gasteiger partial charge in [-0.05, 0) is 6.42 Å². The van der Waals surface area contributed by atoms with Crippen molar-refractivity contribution in [2.75, 3.05) is 12.9 Å². The molecule has 0 aliphatic carbocycles. The Labute approximate surface area is 76.4 Å². The number of ether oxygens (including phenoxy) is 1. The first-order valence-electron chi connectivity index (χ1n) is 3.19. The van der Waals surface area contributed by atoms with Gasteiger partial charge in [0.15, 0.2) is 0 Å². The van der Waals surface area contributed by atoms with E-state index in [0.717, 1.165) is 12.2 Å². The largest absolute Gasteiger partial charge is 0.468 e. The van der Waals surface area contributed by atoms with Crippen LogP contribution in [-0.2, 0) is 9.53 Å². The van der Waals surface area contributed by atoms with Gasteiger partial charge < -0.3 is 10.5 Å². The first kappa shape index (κ1) is 11.1. The summed E-state index contributed by atoms with van der Waals surface area (Å²) >= 11 is 1.58. The van der Waals surface area contributed by atoms with Gasteiger partial charge in [-0.3, -0.25) is 4.79 Å². The molecule has 1 fully saturated rings. The van der Waals surface area contributed by atoms with Crippen LogP contribution in [0.2, 0.25) is 0 Å². The zero-order valence-electron chi connectivity index (χ0n) is 6.28. The highest BCUT2D eigenvalue weighted by Crippen LogP contribution is 2.26. The van der Waals surface area contributed by atoms with Crippen molar-refractivity contribution in [2.45, 2.75) is 17.7 Å². The molecule has 0 aromatic carbocycles. The molecule has 0 saturated carbocycles. The fourth-order valence-corrected chi connectivity index (χ4v) is 2.18. The topological polar surface area (TPSA) is 52.3 Å². The van der Waals surface area contributed by atoms with E-state index in [1.807, 2.05) is 0 Å². The third-order valence-electron chi connectivity index (χ3n) is 1.49. The highest BCUT2D eigenvalue weighted by atomic mass is 35.5. The molecule has 0 radical (unpaired) electrons. The molecule has 1 heterocycles. The van der Waals surface area contributed by atoms with Crippen LogP contribution in [0, 0.1) is 0 Å². The molecular weight excluding hydrogens is 186 g/mol. The molecule has 66 valence electrons. The van der Waals surface area contributed by atoms with E-state index in [2.05, 4.69) is 4.74 Å². The molecule has 5 heteroatoms. The van der Waals surface area contributed by atoms with Gasteiger partial charge in [-0.2, -0.15) is 0 Å². The SMILES string of the molecule is COC(=O)C1CC(N)CS1.Cl. The normalized spacial score (nSPS) is 29.3. The van der Waals surface area contributed by atoms with Crippen LogP contribution in [-0.4, -0.2) is 30.1 Å². The molecule has 1 aliphatic rings. The van der Waals surface area contributed by atoms with Gasteiger partial charge in [0.05, 0.1) is 7.11 Å². The predicted octanol–water partition coefficient (Wildman–Crippen LogP) is 0.414. The zero-order valence-corrected chi connectivity index (χ0v) is 7.91. The van der Waals surface area contributed by atoms with Crippen LogP contribution < -0.4 is 5.73 Å².